The highest BCUT2D eigenvalue weighted by atomic mass is 16.6. The number of alkyl carbamates (subject to hydrolysis) is 1. The number of nitrogens with one attached hydrogen (secondary N) is 2. The van der Waals surface area contributed by atoms with E-state index in [1.165, 1.54) is 0 Å². The van der Waals surface area contributed by atoms with Crippen LogP contribution in [0.4, 0.5) is 4.79 Å². The maximum absolute atomic E-state index is 13.3. The van der Waals surface area contributed by atoms with E-state index in [1.54, 1.807) is 36.4 Å². The number of rotatable bonds is 6. The third kappa shape index (κ3) is 6.68. The van der Waals surface area contributed by atoms with Gasteiger partial charge >= 0.3 is 18.0 Å². The van der Waals surface area contributed by atoms with Gasteiger partial charge in [0.25, 0.3) is 0 Å². The van der Waals surface area contributed by atoms with Gasteiger partial charge in [-0.2, -0.15) is 0 Å². The Labute approximate surface area is 243 Å². The molecule has 9 heteroatoms. The molecule has 5 rings (SSSR count). The van der Waals surface area contributed by atoms with Crippen molar-refractivity contribution < 1.29 is 33.8 Å². The number of carboxylic acid groups (broad SMARTS) is 1. The Bertz CT molecular complexity index is 1440. The van der Waals surface area contributed by atoms with Gasteiger partial charge in [0.05, 0.1) is 18.9 Å². The number of esters is 1. The Balaban J connectivity index is 1.31. The minimum atomic E-state index is -1.09. The van der Waals surface area contributed by atoms with Gasteiger partial charge in [0.15, 0.2) is 0 Å². The van der Waals surface area contributed by atoms with Crippen LogP contribution in [0.15, 0.2) is 91.0 Å². The molecule has 1 heterocycles. The van der Waals surface area contributed by atoms with Crippen LogP contribution in [-0.2, 0) is 23.9 Å². The van der Waals surface area contributed by atoms with E-state index in [0.29, 0.717) is 5.56 Å². The summed E-state index contributed by atoms with van der Waals surface area (Å²) in [6.45, 7) is 0.0408. The summed E-state index contributed by atoms with van der Waals surface area (Å²) in [4.78, 5) is 50.4. The standard InChI is InChI=1S/C33H32N2O7/c36-30(37)18-22-12-4-9-17-28(32(39)42-29(19-34-31(22)38)21-10-2-1-3-11-21)35-33(40)41-20-27-25-15-7-5-13-23(25)24-14-6-8-16-26(24)27/h1-11,13-16,22,27-29H,12,17-20H2,(H,34,38)(H,35,40)(H,36,37)/b9-4+/t22-,28+,29-/m0/s1. The molecule has 0 saturated carbocycles. The summed E-state index contributed by atoms with van der Waals surface area (Å²) in [5.41, 5.74) is 5.01. The van der Waals surface area contributed by atoms with E-state index in [2.05, 4.69) is 10.6 Å². The van der Waals surface area contributed by atoms with E-state index in [1.807, 2.05) is 54.6 Å². The Morgan fingerprint density at radius 2 is 1.50 bits per heavy atom. The quantitative estimate of drug-likeness (QED) is 0.289. The topological polar surface area (TPSA) is 131 Å². The molecule has 0 unspecified atom stereocenters. The summed E-state index contributed by atoms with van der Waals surface area (Å²) in [6.07, 6.45) is 1.58. The van der Waals surface area contributed by atoms with Crippen LogP contribution >= 0.6 is 0 Å². The van der Waals surface area contributed by atoms with E-state index in [9.17, 15) is 24.3 Å². The van der Waals surface area contributed by atoms with Crippen molar-refractivity contribution in [2.24, 2.45) is 5.92 Å². The second kappa shape index (κ2) is 13.2. The van der Waals surface area contributed by atoms with Crippen LogP contribution in [0.2, 0.25) is 0 Å². The summed E-state index contributed by atoms with van der Waals surface area (Å²) in [5, 5.41) is 14.7. The van der Waals surface area contributed by atoms with Crippen molar-refractivity contribution in [2.75, 3.05) is 13.2 Å². The van der Waals surface area contributed by atoms with Crippen molar-refractivity contribution in [3.8, 4) is 11.1 Å². The molecule has 9 nitrogen and oxygen atoms in total. The normalized spacial score (nSPS) is 21.4. The molecule has 3 aromatic carbocycles. The molecule has 3 aromatic rings. The number of amides is 2. The summed E-state index contributed by atoms with van der Waals surface area (Å²) >= 11 is 0. The number of ether oxygens (including phenoxy) is 2. The Morgan fingerprint density at radius 3 is 2.17 bits per heavy atom. The average Bonchev–Trinajstić information content (AvgIpc) is 3.32. The molecule has 0 aromatic heterocycles. The first kappa shape index (κ1) is 28.6. The second-order valence-electron chi connectivity index (χ2n) is 10.3. The smallest absolute Gasteiger partial charge is 0.407 e. The van der Waals surface area contributed by atoms with Gasteiger partial charge in [-0.3, -0.25) is 9.59 Å². The van der Waals surface area contributed by atoms with Crippen molar-refractivity contribution in [3.63, 3.8) is 0 Å². The predicted octanol–water partition coefficient (Wildman–Crippen LogP) is 4.74. The van der Waals surface area contributed by atoms with Gasteiger partial charge in [-0.1, -0.05) is 91.0 Å². The largest absolute Gasteiger partial charge is 0.481 e. The molecule has 0 spiro atoms. The highest BCUT2D eigenvalue weighted by Gasteiger charge is 2.31. The fourth-order valence-corrected chi connectivity index (χ4v) is 5.44. The van der Waals surface area contributed by atoms with Crippen LogP contribution in [0.1, 0.15) is 48.0 Å². The molecular weight excluding hydrogens is 536 g/mol. The number of aliphatic carboxylic acids is 1. The molecule has 2 amide bonds. The number of allylic oxidation sites excluding steroid dienone is 1. The number of benzene rings is 3. The number of hydrogen-bond donors (Lipinski definition) is 3. The molecule has 1 aliphatic heterocycles. The van der Waals surface area contributed by atoms with Gasteiger partial charge in [0.2, 0.25) is 5.91 Å². The lowest BCUT2D eigenvalue weighted by molar-refractivity contribution is -0.152. The van der Waals surface area contributed by atoms with Crippen LogP contribution in [-0.4, -0.2) is 48.2 Å². The summed E-state index contributed by atoms with van der Waals surface area (Å²) in [6, 6.07) is 23.9. The van der Waals surface area contributed by atoms with Crippen molar-refractivity contribution >= 4 is 23.9 Å². The molecule has 0 saturated heterocycles. The third-order valence-electron chi connectivity index (χ3n) is 7.56. The van der Waals surface area contributed by atoms with E-state index in [0.717, 1.165) is 22.3 Å². The molecule has 3 N–H and O–H groups in total. The van der Waals surface area contributed by atoms with E-state index >= 15 is 0 Å². The van der Waals surface area contributed by atoms with Crippen LogP contribution in [0.25, 0.3) is 11.1 Å². The summed E-state index contributed by atoms with van der Waals surface area (Å²) in [5.74, 6) is -3.13. The van der Waals surface area contributed by atoms with E-state index in [-0.39, 0.29) is 38.3 Å². The highest BCUT2D eigenvalue weighted by molar-refractivity contribution is 5.84. The summed E-state index contributed by atoms with van der Waals surface area (Å²) < 4.78 is 11.4. The van der Waals surface area contributed by atoms with Gasteiger partial charge < -0.3 is 25.2 Å². The first-order chi connectivity index (χ1) is 20.4. The molecule has 42 heavy (non-hydrogen) atoms. The zero-order chi connectivity index (χ0) is 29.5. The van der Waals surface area contributed by atoms with E-state index in [4.69, 9.17) is 9.47 Å². The number of hydrogen-bond acceptors (Lipinski definition) is 6. The monoisotopic (exact) mass is 568 g/mol. The lowest BCUT2D eigenvalue weighted by atomic mass is 9.98. The molecule has 216 valence electrons. The Morgan fingerprint density at radius 1 is 0.881 bits per heavy atom. The summed E-state index contributed by atoms with van der Waals surface area (Å²) in [7, 11) is 0. The minimum Gasteiger partial charge on any atom is -0.481 e. The molecular formula is C33H32N2O7. The van der Waals surface area contributed by atoms with Gasteiger partial charge in [0.1, 0.15) is 18.8 Å². The molecule has 0 fully saturated rings. The van der Waals surface area contributed by atoms with E-state index < -0.39 is 42.0 Å². The number of carbonyl (C=O) groups excluding carboxylic acids is 3. The van der Waals surface area contributed by atoms with Crippen molar-refractivity contribution in [1.82, 2.24) is 10.6 Å². The lowest BCUT2D eigenvalue weighted by Gasteiger charge is -2.24. The highest BCUT2D eigenvalue weighted by Crippen LogP contribution is 2.44. The molecule has 0 bridgehead atoms. The first-order valence-corrected chi connectivity index (χ1v) is 13.9. The Hall–Kier alpha value is -4.92. The van der Waals surface area contributed by atoms with Gasteiger partial charge in [-0.25, -0.2) is 9.59 Å². The lowest BCUT2D eigenvalue weighted by Crippen LogP contribution is -2.44. The van der Waals surface area contributed by atoms with Crippen LogP contribution < -0.4 is 10.6 Å². The maximum atomic E-state index is 13.3. The first-order valence-electron chi connectivity index (χ1n) is 13.9. The molecule has 3 atom stereocenters. The van der Waals surface area contributed by atoms with Crippen molar-refractivity contribution in [3.05, 3.63) is 108 Å². The minimum absolute atomic E-state index is 0.0495. The van der Waals surface area contributed by atoms with Gasteiger partial charge in [-0.05, 0) is 40.7 Å². The van der Waals surface area contributed by atoms with Gasteiger partial charge in [-0.15, -0.1) is 0 Å². The molecule has 0 radical (unpaired) electrons. The van der Waals surface area contributed by atoms with Gasteiger partial charge in [0, 0.05) is 5.92 Å². The van der Waals surface area contributed by atoms with Crippen molar-refractivity contribution in [2.45, 2.75) is 37.3 Å². The van der Waals surface area contributed by atoms with Crippen LogP contribution in [0.3, 0.4) is 0 Å². The number of fused-ring (bicyclic) bond motifs is 3. The molecule has 2 aliphatic rings. The number of carboxylic acids is 1. The second-order valence-corrected chi connectivity index (χ2v) is 10.3. The Kier molecular flexibility index (Phi) is 8.96. The number of carbonyl (C=O) groups is 4. The SMILES string of the molecule is O=C(O)C[C@@H]1C/C=C/C[C@@H](NC(=O)OCC2c3ccccc3-c3ccccc32)C(=O)O[C@H](c2ccccc2)CNC1=O. The van der Waals surface area contributed by atoms with Crippen molar-refractivity contribution in [1.29, 1.82) is 0 Å². The average molecular weight is 569 g/mol. The van der Waals surface area contributed by atoms with Crippen LogP contribution in [0, 0.1) is 5.92 Å². The zero-order valence-corrected chi connectivity index (χ0v) is 22.9. The third-order valence-corrected chi connectivity index (χ3v) is 7.56. The fraction of sp³-hybridized carbons (Fsp3) is 0.273. The zero-order valence-electron chi connectivity index (χ0n) is 22.9. The van der Waals surface area contributed by atoms with Crippen LogP contribution in [0.5, 0.6) is 0 Å². The molecule has 1 aliphatic carbocycles. The fourth-order valence-electron chi connectivity index (χ4n) is 5.44. The maximum Gasteiger partial charge on any atom is 0.407 e. The number of cyclic esters (lactones) is 1. The predicted molar refractivity (Wildman–Crippen MR) is 154 cm³/mol.